The molecule has 9 atom stereocenters. The molecule has 1 spiro atoms. The Morgan fingerprint density at radius 3 is 2.79 bits per heavy atom. The fourth-order valence-electron chi connectivity index (χ4n) is 9.76. The Labute approximate surface area is 169 Å². The van der Waals surface area contributed by atoms with Crippen LogP contribution in [0.2, 0.25) is 0 Å². The van der Waals surface area contributed by atoms with Crippen LogP contribution in [-0.4, -0.2) is 18.0 Å². The summed E-state index contributed by atoms with van der Waals surface area (Å²) in [6.07, 6.45) is 18.5. The van der Waals surface area contributed by atoms with Crippen LogP contribution < -0.4 is 0 Å². The largest absolute Gasteiger partial charge is 0.366 e. The highest BCUT2D eigenvalue weighted by molar-refractivity contribution is 5.91. The average molecular weight is 379 g/mol. The van der Waals surface area contributed by atoms with Crippen molar-refractivity contribution in [1.29, 1.82) is 0 Å². The van der Waals surface area contributed by atoms with E-state index in [1.165, 1.54) is 44.9 Å². The van der Waals surface area contributed by atoms with Crippen molar-refractivity contribution in [3.63, 3.8) is 0 Å². The molecule has 0 aromatic heterocycles. The third-order valence-corrected chi connectivity index (χ3v) is 10.8. The quantitative estimate of drug-likeness (QED) is 0.607. The predicted octanol–water partition coefficient (Wildman–Crippen LogP) is 5.34. The highest BCUT2D eigenvalue weighted by Gasteiger charge is 2.78. The van der Waals surface area contributed by atoms with Crippen LogP contribution in [0.1, 0.15) is 64.7 Å². The van der Waals surface area contributed by atoms with Gasteiger partial charge in [0.25, 0.3) is 0 Å². The van der Waals surface area contributed by atoms with E-state index >= 15 is 0 Å². The molecule has 5 saturated carbocycles. The SMILES string of the molecule is CC[C@]12CCC3C(C(C4CC4)CC4=CC(=O)CC[C@@H]43)C1C1C[C@@H]1[C@@]21C=CCO1. The molecule has 5 fully saturated rings. The van der Waals surface area contributed by atoms with Crippen molar-refractivity contribution in [2.45, 2.75) is 70.3 Å². The van der Waals surface area contributed by atoms with Gasteiger partial charge in [-0.05, 0) is 105 Å². The molecule has 2 heteroatoms. The molecule has 0 N–H and O–H groups in total. The normalized spacial score (nSPS) is 56.1. The van der Waals surface area contributed by atoms with Crippen molar-refractivity contribution >= 4 is 5.78 Å². The minimum absolute atomic E-state index is 0.0782. The van der Waals surface area contributed by atoms with E-state index in [1.54, 1.807) is 5.57 Å². The molecule has 1 aliphatic heterocycles. The molecule has 1 heterocycles. The van der Waals surface area contributed by atoms with Gasteiger partial charge in [0.15, 0.2) is 5.78 Å². The van der Waals surface area contributed by atoms with Crippen LogP contribution in [0.15, 0.2) is 23.8 Å². The van der Waals surface area contributed by atoms with Crippen LogP contribution in [0, 0.1) is 52.8 Å². The van der Waals surface area contributed by atoms with Gasteiger partial charge < -0.3 is 4.74 Å². The van der Waals surface area contributed by atoms with Crippen molar-refractivity contribution in [3.8, 4) is 0 Å². The van der Waals surface area contributed by atoms with Gasteiger partial charge in [0, 0.05) is 11.8 Å². The standard InChI is InChI=1S/C26H34O2/c1-2-25-10-8-19-18-7-6-17(27)12-16(18)13-20(15-4-5-15)23(19)24(25)21-14-22(21)26(25)9-3-11-28-26/h3,9,12,15,18-24H,2,4-8,10-11,13-14H2,1H3/t18-,19?,20?,21?,22-,23?,24?,25-,26-/m0/s1. The summed E-state index contributed by atoms with van der Waals surface area (Å²) in [7, 11) is 0. The molecule has 5 unspecified atom stereocenters. The topological polar surface area (TPSA) is 26.3 Å². The fourth-order valence-corrected chi connectivity index (χ4v) is 9.76. The smallest absolute Gasteiger partial charge is 0.155 e. The molecule has 0 aromatic rings. The maximum Gasteiger partial charge on any atom is 0.155 e. The lowest BCUT2D eigenvalue weighted by Gasteiger charge is -2.60. The van der Waals surface area contributed by atoms with E-state index in [0.29, 0.717) is 11.2 Å². The summed E-state index contributed by atoms with van der Waals surface area (Å²) in [5.74, 6) is 7.31. The maximum absolute atomic E-state index is 12.2. The Morgan fingerprint density at radius 1 is 1.14 bits per heavy atom. The number of carbonyl (C=O) groups is 1. The van der Waals surface area contributed by atoms with E-state index in [-0.39, 0.29) is 5.60 Å². The van der Waals surface area contributed by atoms with E-state index < -0.39 is 0 Å². The zero-order valence-corrected chi connectivity index (χ0v) is 17.2. The first-order valence-electron chi connectivity index (χ1n) is 12.2. The number of ether oxygens (including phenoxy) is 1. The molecular weight excluding hydrogens is 344 g/mol. The summed E-state index contributed by atoms with van der Waals surface area (Å²) in [5, 5.41) is 0. The van der Waals surface area contributed by atoms with Crippen molar-refractivity contribution in [2.75, 3.05) is 6.61 Å². The second-order valence-electron chi connectivity index (χ2n) is 11.4. The number of allylic oxidation sites excluding steroid dienone is 1. The van der Waals surface area contributed by atoms with Gasteiger partial charge in [-0.15, -0.1) is 0 Å². The molecule has 0 bridgehead atoms. The summed E-state index contributed by atoms with van der Waals surface area (Å²) in [5.41, 5.74) is 2.04. The Morgan fingerprint density at radius 2 is 2.04 bits per heavy atom. The van der Waals surface area contributed by atoms with Gasteiger partial charge in [-0.2, -0.15) is 0 Å². The predicted molar refractivity (Wildman–Crippen MR) is 108 cm³/mol. The summed E-state index contributed by atoms with van der Waals surface area (Å²) in [6.45, 7) is 3.31. The van der Waals surface area contributed by atoms with Crippen LogP contribution in [0.4, 0.5) is 0 Å². The Balaban J connectivity index is 1.34. The zero-order valence-electron chi connectivity index (χ0n) is 17.2. The highest BCUT2D eigenvalue weighted by atomic mass is 16.5. The lowest BCUT2D eigenvalue weighted by molar-refractivity contribution is -0.153. The molecule has 150 valence electrons. The van der Waals surface area contributed by atoms with Crippen LogP contribution in [0.5, 0.6) is 0 Å². The number of fused-ring (bicyclic) bond motifs is 9. The molecule has 0 amide bonds. The van der Waals surface area contributed by atoms with Gasteiger partial charge in [-0.25, -0.2) is 0 Å². The molecular formula is C26H34O2. The van der Waals surface area contributed by atoms with Gasteiger partial charge in [-0.1, -0.05) is 24.6 Å². The van der Waals surface area contributed by atoms with Gasteiger partial charge in [-0.3, -0.25) is 4.79 Å². The van der Waals surface area contributed by atoms with Crippen LogP contribution in [-0.2, 0) is 9.53 Å². The summed E-state index contributed by atoms with van der Waals surface area (Å²) < 4.78 is 6.66. The molecule has 6 aliphatic carbocycles. The summed E-state index contributed by atoms with van der Waals surface area (Å²) >= 11 is 0. The van der Waals surface area contributed by atoms with E-state index in [9.17, 15) is 4.79 Å². The highest BCUT2D eigenvalue weighted by Crippen LogP contribution is 2.79. The molecule has 0 aromatic carbocycles. The van der Waals surface area contributed by atoms with Gasteiger partial charge in [0.1, 0.15) is 0 Å². The van der Waals surface area contributed by atoms with Crippen molar-refractivity contribution in [3.05, 3.63) is 23.8 Å². The van der Waals surface area contributed by atoms with Gasteiger partial charge in [0.2, 0.25) is 0 Å². The molecule has 0 saturated heterocycles. The van der Waals surface area contributed by atoms with E-state index in [4.69, 9.17) is 4.74 Å². The molecule has 28 heavy (non-hydrogen) atoms. The first-order valence-corrected chi connectivity index (χ1v) is 12.2. The van der Waals surface area contributed by atoms with Crippen LogP contribution >= 0.6 is 0 Å². The third-order valence-electron chi connectivity index (χ3n) is 10.8. The first-order chi connectivity index (χ1) is 13.7. The number of carbonyl (C=O) groups excluding carboxylic acids is 1. The van der Waals surface area contributed by atoms with E-state index in [0.717, 1.165) is 66.8 Å². The van der Waals surface area contributed by atoms with E-state index in [1.807, 2.05) is 0 Å². The van der Waals surface area contributed by atoms with Crippen molar-refractivity contribution in [2.24, 2.45) is 52.8 Å². The maximum atomic E-state index is 12.2. The monoisotopic (exact) mass is 378 g/mol. The number of ketones is 1. The third kappa shape index (κ3) is 1.88. The zero-order chi connectivity index (χ0) is 18.7. The molecule has 0 radical (unpaired) electrons. The number of rotatable bonds is 2. The Kier molecular flexibility index (Phi) is 3.26. The molecule has 2 nitrogen and oxygen atoms in total. The van der Waals surface area contributed by atoms with Crippen LogP contribution in [0.3, 0.4) is 0 Å². The number of hydrogen-bond donors (Lipinski definition) is 0. The van der Waals surface area contributed by atoms with Crippen molar-refractivity contribution < 1.29 is 9.53 Å². The van der Waals surface area contributed by atoms with Crippen molar-refractivity contribution in [1.82, 2.24) is 0 Å². The molecule has 7 aliphatic rings. The lowest BCUT2D eigenvalue weighted by Crippen LogP contribution is -2.57. The Hall–Kier alpha value is -0.890. The lowest BCUT2D eigenvalue weighted by atomic mass is 9.45. The summed E-state index contributed by atoms with van der Waals surface area (Å²) in [6, 6.07) is 0. The van der Waals surface area contributed by atoms with Crippen LogP contribution in [0.25, 0.3) is 0 Å². The molecule has 7 rings (SSSR count). The van der Waals surface area contributed by atoms with Gasteiger partial charge >= 0.3 is 0 Å². The second-order valence-corrected chi connectivity index (χ2v) is 11.4. The minimum Gasteiger partial charge on any atom is -0.366 e. The second kappa shape index (κ2) is 5.42. The summed E-state index contributed by atoms with van der Waals surface area (Å²) in [4.78, 5) is 12.2. The Bertz CT molecular complexity index is 790. The van der Waals surface area contributed by atoms with E-state index in [2.05, 4.69) is 25.2 Å². The first kappa shape index (κ1) is 16.9. The minimum atomic E-state index is 0.0782. The average Bonchev–Trinajstić information content (AvgIpc) is 3.64. The fraction of sp³-hybridized carbons (Fsp3) is 0.808. The van der Waals surface area contributed by atoms with Gasteiger partial charge in [0.05, 0.1) is 12.2 Å². The number of hydrogen-bond acceptors (Lipinski definition) is 2.